The van der Waals surface area contributed by atoms with Gasteiger partial charge in [0, 0.05) is 41.1 Å². The van der Waals surface area contributed by atoms with Gasteiger partial charge in [0.05, 0.1) is 23.2 Å². The molecule has 5 rings (SSSR count). The standard InChI is InChI=1S/C26H29N3O4S/c1-17-7-10-23-24(29(17)26(30)18-8-9-18)12-11-22(25(23)33-21-5-3-2-4-6-21)19(13-27)14-28-20-15-34(31,32)16-20/h2-6,11-14,17-18,20,27-28H,7-10,15-16H2,1H3/b19-14+,27-13?/t17-/m0/s1. The normalized spacial score (nSPS) is 21.9. The first-order chi connectivity index (χ1) is 16.4. The van der Waals surface area contributed by atoms with E-state index in [0.717, 1.165) is 42.5 Å². The Bertz CT molecular complexity index is 1240. The van der Waals surface area contributed by atoms with Crippen LogP contribution in [0.2, 0.25) is 0 Å². The summed E-state index contributed by atoms with van der Waals surface area (Å²) in [6.07, 6.45) is 6.45. The lowest BCUT2D eigenvalue weighted by Crippen LogP contribution is -2.49. The zero-order chi connectivity index (χ0) is 23.9. The first-order valence-electron chi connectivity index (χ1n) is 11.8. The van der Waals surface area contributed by atoms with Gasteiger partial charge in [-0.2, -0.15) is 0 Å². The molecule has 0 spiro atoms. The minimum atomic E-state index is -2.94. The molecule has 3 aliphatic rings. The van der Waals surface area contributed by atoms with Crippen LogP contribution in [0.1, 0.15) is 37.3 Å². The van der Waals surface area contributed by atoms with E-state index in [1.807, 2.05) is 47.4 Å². The number of amides is 1. The lowest BCUT2D eigenvalue weighted by Gasteiger charge is -2.37. The van der Waals surface area contributed by atoms with Gasteiger partial charge in [0.15, 0.2) is 9.84 Å². The number of fused-ring (bicyclic) bond motifs is 1. The number of allylic oxidation sites excluding steroid dienone is 1. The largest absolute Gasteiger partial charge is 0.456 e. The van der Waals surface area contributed by atoms with Gasteiger partial charge >= 0.3 is 0 Å². The molecule has 8 heteroatoms. The maximum atomic E-state index is 13.1. The first kappa shape index (κ1) is 22.7. The van der Waals surface area contributed by atoms with E-state index in [-0.39, 0.29) is 35.4 Å². The summed E-state index contributed by atoms with van der Waals surface area (Å²) in [6.45, 7) is 2.09. The molecule has 2 aromatic carbocycles. The number of nitrogens with one attached hydrogen (secondary N) is 2. The molecule has 2 heterocycles. The van der Waals surface area contributed by atoms with E-state index >= 15 is 0 Å². The Balaban J connectivity index is 1.56. The number of carbonyl (C=O) groups is 1. The third kappa shape index (κ3) is 4.46. The quantitative estimate of drug-likeness (QED) is 0.586. The fourth-order valence-corrected chi connectivity index (χ4v) is 6.00. The van der Waals surface area contributed by atoms with Crippen LogP contribution in [-0.2, 0) is 21.1 Å². The van der Waals surface area contributed by atoms with Gasteiger partial charge in [-0.3, -0.25) is 4.79 Å². The predicted octanol–water partition coefficient (Wildman–Crippen LogP) is 3.93. The van der Waals surface area contributed by atoms with Gasteiger partial charge in [0.2, 0.25) is 5.91 Å². The van der Waals surface area contributed by atoms with Crippen molar-refractivity contribution in [1.29, 1.82) is 5.41 Å². The molecule has 1 saturated carbocycles. The molecule has 178 valence electrons. The minimum absolute atomic E-state index is 0.0997. The predicted molar refractivity (Wildman–Crippen MR) is 133 cm³/mol. The number of benzene rings is 2. The van der Waals surface area contributed by atoms with Crippen LogP contribution in [0.5, 0.6) is 11.5 Å². The maximum Gasteiger partial charge on any atom is 0.230 e. The lowest BCUT2D eigenvalue weighted by molar-refractivity contribution is -0.120. The lowest BCUT2D eigenvalue weighted by atomic mass is 9.91. The average molecular weight is 480 g/mol. The summed E-state index contributed by atoms with van der Waals surface area (Å²) in [5.74, 6) is 1.82. The minimum Gasteiger partial charge on any atom is -0.456 e. The van der Waals surface area contributed by atoms with Gasteiger partial charge in [-0.15, -0.1) is 0 Å². The summed E-state index contributed by atoms with van der Waals surface area (Å²) in [6, 6.07) is 13.3. The first-order valence-corrected chi connectivity index (χ1v) is 13.6. The third-order valence-electron chi connectivity index (χ3n) is 6.73. The summed E-state index contributed by atoms with van der Waals surface area (Å²) in [7, 11) is -2.94. The molecule has 0 aromatic heterocycles. The molecule has 0 bridgehead atoms. The van der Waals surface area contributed by atoms with E-state index < -0.39 is 9.84 Å². The van der Waals surface area contributed by atoms with E-state index in [9.17, 15) is 13.2 Å². The number of rotatable bonds is 7. The van der Waals surface area contributed by atoms with Crippen LogP contribution in [0.3, 0.4) is 0 Å². The van der Waals surface area contributed by atoms with Gasteiger partial charge in [-0.1, -0.05) is 18.2 Å². The summed E-state index contributed by atoms with van der Waals surface area (Å²) in [5.41, 5.74) is 3.18. The van der Waals surface area contributed by atoms with Crippen LogP contribution in [-0.4, -0.2) is 44.1 Å². The Kier molecular flexibility index (Phi) is 5.93. The molecule has 34 heavy (non-hydrogen) atoms. The van der Waals surface area contributed by atoms with Crippen molar-refractivity contribution in [1.82, 2.24) is 5.32 Å². The summed E-state index contributed by atoms with van der Waals surface area (Å²) >= 11 is 0. The Labute approximate surface area is 200 Å². The van der Waals surface area contributed by atoms with Crippen LogP contribution >= 0.6 is 0 Å². The van der Waals surface area contributed by atoms with E-state index in [2.05, 4.69) is 12.2 Å². The van der Waals surface area contributed by atoms with Crippen molar-refractivity contribution in [3.05, 3.63) is 59.8 Å². The van der Waals surface area contributed by atoms with Crippen LogP contribution in [0, 0.1) is 11.3 Å². The second-order valence-electron chi connectivity index (χ2n) is 9.41. The Morgan fingerprint density at radius 3 is 2.50 bits per heavy atom. The van der Waals surface area contributed by atoms with Gasteiger partial charge in [-0.25, -0.2) is 8.42 Å². The van der Waals surface area contributed by atoms with E-state index in [0.29, 0.717) is 17.1 Å². The van der Waals surface area contributed by atoms with Crippen molar-refractivity contribution >= 4 is 33.2 Å². The zero-order valence-corrected chi connectivity index (χ0v) is 20.0. The molecule has 0 radical (unpaired) electrons. The summed E-state index contributed by atoms with van der Waals surface area (Å²) in [5, 5.41) is 11.2. The number of hydrogen-bond acceptors (Lipinski definition) is 6. The number of nitrogens with zero attached hydrogens (tertiary/aromatic N) is 1. The van der Waals surface area contributed by atoms with E-state index in [1.54, 1.807) is 6.20 Å². The molecule has 2 aromatic rings. The molecule has 2 aliphatic heterocycles. The fraction of sp³-hybridized carbons (Fsp3) is 0.385. The van der Waals surface area contributed by atoms with Crippen molar-refractivity contribution < 1.29 is 17.9 Å². The van der Waals surface area contributed by atoms with Crippen molar-refractivity contribution in [2.45, 2.75) is 44.7 Å². The highest BCUT2D eigenvalue weighted by atomic mass is 32.2. The highest BCUT2D eigenvalue weighted by molar-refractivity contribution is 7.92. The molecule has 0 unspecified atom stereocenters. The number of carbonyl (C=O) groups excluding carboxylic acids is 1. The molecular weight excluding hydrogens is 450 g/mol. The van der Waals surface area contributed by atoms with E-state index in [4.69, 9.17) is 10.1 Å². The molecule has 7 nitrogen and oxygen atoms in total. The monoisotopic (exact) mass is 479 g/mol. The molecule has 1 saturated heterocycles. The Morgan fingerprint density at radius 1 is 1.12 bits per heavy atom. The van der Waals surface area contributed by atoms with Crippen molar-refractivity contribution in [2.24, 2.45) is 5.92 Å². The van der Waals surface area contributed by atoms with Crippen molar-refractivity contribution in [2.75, 3.05) is 16.4 Å². The number of para-hydroxylation sites is 1. The highest BCUT2D eigenvalue weighted by Gasteiger charge is 2.39. The molecular formula is C26H29N3O4S. The maximum absolute atomic E-state index is 13.1. The zero-order valence-electron chi connectivity index (χ0n) is 19.2. The third-order valence-corrected chi connectivity index (χ3v) is 8.55. The smallest absolute Gasteiger partial charge is 0.230 e. The van der Waals surface area contributed by atoms with Gasteiger partial charge < -0.3 is 20.4 Å². The van der Waals surface area contributed by atoms with Gasteiger partial charge in [0.1, 0.15) is 11.5 Å². The van der Waals surface area contributed by atoms with Crippen LogP contribution in [0.4, 0.5) is 5.69 Å². The Hall–Kier alpha value is -3.13. The second-order valence-corrected chi connectivity index (χ2v) is 11.6. The number of sulfone groups is 1. The van der Waals surface area contributed by atoms with Crippen LogP contribution in [0.25, 0.3) is 5.57 Å². The SMILES string of the molecule is C[C@H]1CCc2c(ccc(/C(C=N)=C/NC3CS(=O)(=O)C3)c2Oc2ccccc2)N1C(=O)C1CC1. The highest BCUT2D eigenvalue weighted by Crippen LogP contribution is 2.44. The van der Waals surface area contributed by atoms with Crippen molar-refractivity contribution in [3.8, 4) is 11.5 Å². The van der Waals surface area contributed by atoms with Crippen LogP contribution < -0.4 is 15.0 Å². The fourth-order valence-electron chi connectivity index (χ4n) is 4.68. The molecule has 1 aliphatic carbocycles. The second kappa shape index (κ2) is 8.91. The Morgan fingerprint density at radius 2 is 1.85 bits per heavy atom. The molecule has 1 atom stereocenters. The van der Waals surface area contributed by atoms with Crippen LogP contribution in [0.15, 0.2) is 48.7 Å². The van der Waals surface area contributed by atoms with E-state index in [1.165, 1.54) is 6.21 Å². The summed E-state index contributed by atoms with van der Waals surface area (Å²) < 4.78 is 29.4. The topological polar surface area (TPSA) is 99.6 Å². The van der Waals surface area contributed by atoms with Crippen molar-refractivity contribution in [3.63, 3.8) is 0 Å². The van der Waals surface area contributed by atoms with Gasteiger partial charge in [-0.05, 0) is 56.9 Å². The number of hydrogen-bond donors (Lipinski definition) is 2. The number of anilines is 1. The molecule has 1 amide bonds. The molecule has 2 N–H and O–H groups in total. The molecule has 2 fully saturated rings. The number of ether oxygens (including phenoxy) is 1. The summed E-state index contributed by atoms with van der Waals surface area (Å²) in [4.78, 5) is 15.1. The average Bonchev–Trinajstić information content (AvgIpc) is 3.65. The van der Waals surface area contributed by atoms with Gasteiger partial charge in [0.25, 0.3) is 0 Å².